The zero-order valence-electron chi connectivity index (χ0n) is 16.0. The van der Waals surface area contributed by atoms with Crippen molar-refractivity contribution in [3.05, 3.63) is 47.7 Å². The molecule has 152 valence electrons. The van der Waals surface area contributed by atoms with Crippen molar-refractivity contribution in [3.63, 3.8) is 0 Å². The maximum atomic E-state index is 13.6. The second kappa shape index (κ2) is 8.36. The number of alkyl halides is 2. The fourth-order valence-corrected chi connectivity index (χ4v) is 3.44. The molecule has 1 atom stereocenters. The van der Waals surface area contributed by atoms with Gasteiger partial charge in [-0.1, -0.05) is 35.5 Å². The fourth-order valence-electron chi connectivity index (χ4n) is 3.44. The summed E-state index contributed by atoms with van der Waals surface area (Å²) in [5.41, 5.74) is 0.0343. The summed E-state index contributed by atoms with van der Waals surface area (Å²) in [5.74, 6) is -2.06. The van der Waals surface area contributed by atoms with Crippen molar-refractivity contribution in [2.24, 2.45) is 0 Å². The van der Waals surface area contributed by atoms with E-state index in [0.29, 0.717) is 11.6 Å². The molecule has 1 aliphatic rings. The summed E-state index contributed by atoms with van der Waals surface area (Å²) in [6.45, 7) is 2.02. The maximum Gasteiger partial charge on any atom is 0.248 e. The Labute approximate surface area is 162 Å². The highest BCUT2D eigenvalue weighted by Crippen LogP contribution is 2.40. The predicted octanol–water partition coefficient (Wildman–Crippen LogP) is 3.85. The van der Waals surface area contributed by atoms with Crippen molar-refractivity contribution in [2.75, 3.05) is 19.0 Å². The van der Waals surface area contributed by atoms with Gasteiger partial charge in [0, 0.05) is 32.6 Å². The minimum Gasteiger partial charge on any atom is -0.377 e. The third-order valence-corrected chi connectivity index (χ3v) is 5.23. The number of methoxy groups -OCH3 is 1. The Hall–Kier alpha value is -2.32. The first-order valence-electron chi connectivity index (χ1n) is 9.28. The zero-order chi connectivity index (χ0) is 20.2. The minimum atomic E-state index is -2.65. The lowest BCUT2D eigenvalue weighted by Gasteiger charge is -2.40. The fraction of sp³-hybridized carbons (Fsp3) is 0.500. The van der Waals surface area contributed by atoms with Crippen LogP contribution in [0, 0.1) is 6.92 Å². The van der Waals surface area contributed by atoms with Crippen molar-refractivity contribution < 1.29 is 22.8 Å². The summed E-state index contributed by atoms with van der Waals surface area (Å²) in [6, 6.07) is 10.1. The van der Waals surface area contributed by atoms with Crippen LogP contribution in [-0.2, 0) is 9.53 Å². The average molecular weight is 393 g/mol. The lowest BCUT2D eigenvalue weighted by atomic mass is 9.82. The van der Waals surface area contributed by atoms with Gasteiger partial charge in [-0.3, -0.25) is 10.1 Å². The standard InChI is InChI=1S/C20H25F2N3O3/c1-14-12-16(25-28-14)24-18(26)17(15-6-4-3-5-7-15)23-13-19(27-2)8-10-20(21,22)11-9-19/h3-7,12,17,23H,8-11,13H2,1-2H3,(H,24,25,26). The van der Waals surface area contributed by atoms with Crippen LogP contribution >= 0.6 is 0 Å². The molecule has 1 unspecified atom stereocenters. The molecule has 1 aromatic carbocycles. The highest BCUT2D eigenvalue weighted by Gasteiger charge is 2.44. The van der Waals surface area contributed by atoms with Crippen LogP contribution in [0.5, 0.6) is 0 Å². The van der Waals surface area contributed by atoms with Gasteiger partial charge in [-0.2, -0.15) is 0 Å². The first-order valence-corrected chi connectivity index (χ1v) is 9.28. The van der Waals surface area contributed by atoms with Crippen molar-refractivity contribution in [1.82, 2.24) is 10.5 Å². The van der Waals surface area contributed by atoms with Gasteiger partial charge in [-0.05, 0) is 25.3 Å². The van der Waals surface area contributed by atoms with E-state index in [1.165, 1.54) is 7.11 Å². The highest BCUT2D eigenvalue weighted by molar-refractivity contribution is 5.94. The van der Waals surface area contributed by atoms with Gasteiger partial charge in [0.1, 0.15) is 11.8 Å². The topological polar surface area (TPSA) is 76.4 Å². The van der Waals surface area contributed by atoms with Gasteiger partial charge >= 0.3 is 0 Å². The zero-order valence-corrected chi connectivity index (χ0v) is 16.0. The number of aromatic nitrogens is 1. The van der Waals surface area contributed by atoms with Gasteiger partial charge in [0.15, 0.2) is 5.82 Å². The number of rotatable bonds is 7. The molecule has 3 rings (SSSR count). The number of aryl methyl sites for hydroxylation is 1. The van der Waals surface area contributed by atoms with Crippen molar-refractivity contribution >= 4 is 11.7 Å². The van der Waals surface area contributed by atoms with Gasteiger partial charge < -0.3 is 14.6 Å². The lowest BCUT2D eigenvalue weighted by molar-refractivity contribution is -0.124. The molecule has 1 aliphatic carbocycles. The normalized spacial score (nSPS) is 19.1. The third kappa shape index (κ3) is 4.94. The minimum absolute atomic E-state index is 0.219. The van der Waals surface area contributed by atoms with Crippen molar-refractivity contribution in [2.45, 2.75) is 50.2 Å². The van der Waals surface area contributed by atoms with E-state index < -0.39 is 17.6 Å². The van der Waals surface area contributed by atoms with Gasteiger partial charge in [0.25, 0.3) is 0 Å². The van der Waals surface area contributed by atoms with E-state index in [4.69, 9.17) is 9.26 Å². The quantitative estimate of drug-likeness (QED) is 0.747. The molecule has 0 aliphatic heterocycles. The SMILES string of the molecule is COC1(CNC(C(=O)Nc2cc(C)on2)c2ccccc2)CCC(F)(F)CC1. The second-order valence-corrected chi connectivity index (χ2v) is 7.28. The number of ether oxygens (including phenoxy) is 1. The first-order chi connectivity index (χ1) is 13.3. The number of anilines is 1. The van der Waals surface area contributed by atoms with Crippen LogP contribution in [0.15, 0.2) is 40.9 Å². The van der Waals surface area contributed by atoms with Crippen LogP contribution in [-0.4, -0.2) is 36.2 Å². The molecule has 8 heteroatoms. The molecule has 0 bridgehead atoms. The van der Waals surface area contributed by atoms with Crippen LogP contribution in [0.1, 0.15) is 43.0 Å². The number of carbonyl (C=O) groups excluding carboxylic acids is 1. The summed E-state index contributed by atoms with van der Waals surface area (Å²) in [7, 11) is 1.53. The molecule has 1 amide bonds. The number of halogens is 2. The summed E-state index contributed by atoms with van der Waals surface area (Å²) in [6.07, 6.45) is 0.0239. The Morgan fingerprint density at radius 3 is 2.50 bits per heavy atom. The molecule has 2 aromatic rings. The molecule has 0 spiro atoms. The number of carbonyl (C=O) groups is 1. The number of benzene rings is 1. The summed E-state index contributed by atoms with van der Waals surface area (Å²) >= 11 is 0. The third-order valence-electron chi connectivity index (χ3n) is 5.23. The van der Waals surface area contributed by atoms with Gasteiger partial charge in [0.2, 0.25) is 11.8 Å². The molecular formula is C20H25F2N3O3. The Balaban J connectivity index is 1.73. The summed E-state index contributed by atoms with van der Waals surface area (Å²) in [5, 5.41) is 9.72. The lowest BCUT2D eigenvalue weighted by Crippen LogP contribution is -2.49. The smallest absolute Gasteiger partial charge is 0.248 e. The van der Waals surface area contributed by atoms with E-state index >= 15 is 0 Å². The van der Waals surface area contributed by atoms with Crippen LogP contribution in [0.3, 0.4) is 0 Å². The van der Waals surface area contributed by atoms with E-state index in [9.17, 15) is 13.6 Å². The molecule has 28 heavy (non-hydrogen) atoms. The van der Waals surface area contributed by atoms with Gasteiger partial charge in [-0.15, -0.1) is 0 Å². The Bertz CT molecular complexity index is 785. The largest absolute Gasteiger partial charge is 0.377 e. The Morgan fingerprint density at radius 2 is 1.93 bits per heavy atom. The van der Waals surface area contributed by atoms with E-state index in [1.54, 1.807) is 13.0 Å². The molecule has 0 saturated heterocycles. The summed E-state index contributed by atoms with van der Waals surface area (Å²) < 4.78 is 37.7. The summed E-state index contributed by atoms with van der Waals surface area (Å²) in [4.78, 5) is 12.9. The second-order valence-electron chi connectivity index (χ2n) is 7.28. The molecule has 1 saturated carbocycles. The Kier molecular flexibility index (Phi) is 6.10. The molecule has 2 N–H and O–H groups in total. The number of amides is 1. The Morgan fingerprint density at radius 1 is 1.25 bits per heavy atom. The molecule has 0 radical (unpaired) electrons. The van der Waals surface area contributed by atoms with E-state index in [2.05, 4.69) is 15.8 Å². The van der Waals surface area contributed by atoms with Crippen molar-refractivity contribution in [3.8, 4) is 0 Å². The highest BCUT2D eigenvalue weighted by atomic mass is 19.3. The van der Waals surface area contributed by atoms with Crippen LogP contribution in [0.4, 0.5) is 14.6 Å². The van der Waals surface area contributed by atoms with Gasteiger partial charge in [-0.25, -0.2) is 8.78 Å². The van der Waals surface area contributed by atoms with E-state index in [-0.39, 0.29) is 38.1 Å². The van der Waals surface area contributed by atoms with Crippen LogP contribution in [0.25, 0.3) is 0 Å². The number of nitrogens with one attached hydrogen (secondary N) is 2. The van der Waals surface area contributed by atoms with Crippen LogP contribution < -0.4 is 10.6 Å². The number of hydrogen-bond acceptors (Lipinski definition) is 5. The number of hydrogen-bond donors (Lipinski definition) is 2. The maximum absolute atomic E-state index is 13.6. The molecule has 1 fully saturated rings. The molecular weight excluding hydrogens is 368 g/mol. The van der Waals surface area contributed by atoms with Crippen LogP contribution in [0.2, 0.25) is 0 Å². The monoisotopic (exact) mass is 393 g/mol. The van der Waals surface area contributed by atoms with E-state index in [0.717, 1.165) is 5.56 Å². The predicted molar refractivity (Wildman–Crippen MR) is 100 cm³/mol. The van der Waals surface area contributed by atoms with Crippen molar-refractivity contribution in [1.29, 1.82) is 0 Å². The first kappa shape index (κ1) is 20.4. The average Bonchev–Trinajstić information content (AvgIpc) is 3.09. The molecule has 6 nitrogen and oxygen atoms in total. The van der Waals surface area contributed by atoms with E-state index in [1.807, 2.05) is 30.3 Å². The number of nitrogens with zero attached hydrogens (tertiary/aromatic N) is 1. The molecule has 1 aromatic heterocycles. The molecule has 1 heterocycles. The van der Waals surface area contributed by atoms with Gasteiger partial charge in [0.05, 0.1) is 5.60 Å².